The Hall–Kier alpha value is -1.38. The highest BCUT2D eigenvalue weighted by molar-refractivity contribution is 9.10. The largest absolute Gasteiger partial charge is 0.445 e. The molecule has 25 heavy (non-hydrogen) atoms. The molecule has 1 atom stereocenters. The summed E-state index contributed by atoms with van der Waals surface area (Å²) in [7, 11) is -3.89. The van der Waals surface area contributed by atoms with Crippen LogP contribution in [-0.2, 0) is 25.1 Å². The molecule has 1 saturated heterocycles. The van der Waals surface area contributed by atoms with E-state index in [-0.39, 0.29) is 17.6 Å². The van der Waals surface area contributed by atoms with E-state index in [0.29, 0.717) is 5.33 Å². The molecule has 0 N–H and O–H groups in total. The van der Waals surface area contributed by atoms with E-state index in [4.69, 9.17) is 9.47 Å². The maximum absolute atomic E-state index is 12.4. The number of nitrogens with zero attached hydrogens (tertiary/aromatic N) is 1. The predicted molar refractivity (Wildman–Crippen MR) is 102 cm³/mol. The van der Waals surface area contributed by atoms with E-state index in [0.717, 1.165) is 15.6 Å². The zero-order chi connectivity index (χ0) is 18.1. The summed E-state index contributed by atoms with van der Waals surface area (Å²) < 4.78 is 40.7. The van der Waals surface area contributed by atoms with Crippen molar-refractivity contribution in [2.45, 2.75) is 17.4 Å². The van der Waals surface area contributed by atoms with Crippen molar-refractivity contribution in [3.05, 3.63) is 64.1 Å². The number of rotatable bonds is 4. The Labute approximate surface area is 163 Å². The average Bonchev–Trinajstić information content (AvgIpc) is 2.99. The van der Waals surface area contributed by atoms with Crippen molar-refractivity contribution in [3.63, 3.8) is 0 Å². The summed E-state index contributed by atoms with van der Waals surface area (Å²) in [6.45, 7) is 2.05. The number of alkyl halides is 1. The van der Waals surface area contributed by atoms with Crippen molar-refractivity contribution in [3.8, 4) is 0 Å². The molecule has 1 aliphatic rings. The summed E-state index contributed by atoms with van der Waals surface area (Å²) in [6, 6.07) is 14.0. The zero-order valence-electron chi connectivity index (χ0n) is 13.3. The Kier molecular flexibility index (Phi) is 5.22. The second-order valence-electron chi connectivity index (χ2n) is 5.67. The topological polar surface area (TPSA) is 65.0 Å². The van der Waals surface area contributed by atoms with Gasteiger partial charge in [0.15, 0.2) is 5.60 Å². The van der Waals surface area contributed by atoms with Gasteiger partial charge in [-0.2, -0.15) is 8.42 Å². The van der Waals surface area contributed by atoms with Gasteiger partial charge < -0.3 is 9.47 Å². The van der Waals surface area contributed by atoms with Gasteiger partial charge in [-0.25, -0.2) is 0 Å². The third kappa shape index (κ3) is 3.91. The van der Waals surface area contributed by atoms with E-state index in [1.807, 2.05) is 31.2 Å². The highest BCUT2D eigenvalue weighted by Gasteiger charge is 2.43. The fourth-order valence-electron chi connectivity index (χ4n) is 2.35. The number of ether oxygens (including phenoxy) is 2. The molecule has 1 fully saturated rings. The van der Waals surface area contributed by atoms with Crippen molar-refractivity contribution in [2.24, 2.45) is 4.40 Å². The van der Waals surface area contributed by atoms with E-state index >= 15 is 0 Å². The van der Waals surface area contributed by atoms with Crippen LogP contribution in [0.25, 0.3) is 0 Å². The summed E-state index contributed by atoms with van der Waals surface area (Å²) in [5, 5.41) is 0.436. The van der Waals surface area contributed by atoms with Crippen molar-refractivity contribution < 1.29 is 17.9 Å². The Bertz CT molecular complexity index is 895. The van der Waals surface area contributed by atoms with Gasteiger partial charge in [-0.05, 0) is 36.8 Å². The fraction of sp³-hybridized carbons (Fsp3) is 0.235. The van der Waals surface area contributed by atoms with Crippen molar-refractivity contribution in [1.82, 2.24) is 0 Å². The number of benzene rings is 2. The number of hydrogen-bond acceptors (Lipinski definition) is 4. The van der Waals surface area contributed by atoms with Crippen LogP contribution in [0.5, 0.6) is 0 Å². The van der Waals surface area contributed by atoms with Gasteiger partial charge in [-0.3, -0.25) is 0 Å². The summed E-state index contributed by atoms with van der Waals surface area (Å²) in [5.74, 6) is 0. The van der Waals surface area contributed by atoms with E-state index in [1.54, 1.807) is 12.1 Å². The van der Waals surface area contributed by atoms with Crippen LogP contribution in [0.2, 0.25) is 0 Å². The molecule has 1 aliphatic heterocycles. The molecule has 2 aromatic rings. The molecule has 1 heterocycles. The molecule has 8 heteroatoms. The second-order valence-corrected chi connectivity index (χ2v) is 8.75. The maximum atomic E-state index is 12.4. The molecule has 0 aliphatic carbocycles. The third-order valence-corrected chi connectivity index (χ3v) is 6.50. The molecular weight excluding hydrogens is 474 g/mol. The predicted octanol–water partition coefficient (Wildman–Crippen LogP) is 4.14. The van der Waals surface area contributed by atoms with Gasteiger partial charge >= 0.3 is 6.08 Å². The smallest absolute Gasteiger partial charge is 0.401 e. The van der Waals surface area contributed by atoms with Gasteiger partial charge in [0.25, 0.3) is 10.0 Å². The number of halogens is 2. The molecule has 0 radical (unpaired) electrons. The van der Waals surface area contributed by atoms with Gasteiger partial charge in [-0.15, -0.1) is 0 Å². The normalized spacial score (nSPS) is 21.8. The molecule has 0 saturated carbocycles. The van der Waals surface area contributed by atoms with Crippen LogP contribution >= 0.6 is 31.9 Å². The molecule has 0 aromatic heterocycles. The lowest BCUT2D eigenvalue weighted by molar-refractivity contribution is 0.114. The van der Waals surface area contributed by atoms with Crippen molar-refractivity contribution >= 4 is 48.0 Å². The van der Waals surface area contributed by atoms with Crippen molar-refractivity contribution in [1.29, 1.82) is 0 Å². The third-order valence-electron chi connectivity index (χ3n) is 3.81. The minimum absolute atomic E-state index is 0.0952. The first-order valence-corrected chi connectivity index (χ1v) is 10.8. The van der Waals surface area contributed by atoms with Crippen molar-refractivity contribution in [2.75, 3.05) is 11.9 Å². The highest BCUT2D eigenvalue weighted by atomic mass is 79.9. The van der Waals surface area contributed by atoms with Crippen LogP contribution in [0.1, 0.15) is 11.1 Å². The average molecular weight is 489 g/mol. The van der Waals surface area contributed by atoms with Gasteiger partial charge in [0.1, 0.15) is 6.61 Å². The maximum Gasteiger partial charge on any atom is 0.401 e. The van der Waals surface area contributed by atoms with E-state index in [2.05, 4.69) is 36.3 Å². The zero-order valence-corrected chi connectivity index (χ0v) is 17.3. The van der Waals surface area contributed by atoms with Gasteiger partial charge in [0, 0.05) is 4.47 Å². The summed E-state index contributed by atoms with van der Waals surface area (Å²) in [5.41, 5.74) is 1.02. The monoisotopic (exact) mass is 487 g/mol. The number of hydrogen-bond donors (Lipinski definition) is 0. The van der Waals surface area contributed by atoms with Crippen LogP contribution < -0.4 is 0 Å². The van der Waals surface area contributed by atoms with Crippen LogP contribution in [0.3, 0.4) is 0 Å². The quantitative estimate of drug-likeness (QED) is 0.606. The lowest BCUT2D eigenvalue weighted by Crippen LogP contribution is -2.30. The molecule has 0 bridgehead atoms. The van der Waals surface area contributed by atoms with E-state index < -0.39 is 15.6 Å². The number of sulfonamides is 1. The molecule has 132 valence electrons. The Morgan fingerprint density at radius 1 is 1.12 bits per heavy atom. The highest BCUT2D eigenvalue weighted by Crippen LogP contribution is 2.34. The molecule has 1 unspecified atom stereocenters. The Balaban J connectivity index is 1.89. The molecule has 5 nitrogen and oxygen atoms in total. The summed E-state index contributed by atoms with van der Waals surface area (Å²) in [6.07, 6.45) is -0.247. The summed E-state index contributed by atoms with van der Waals surface area (Å²) >= 11 is 6.82. The first-order chi connectivity index (χ1) is 11.8. The van der Waals surface area contributed by atoms with Gasteiger partial charge in [0.2, 0.25) is 0 Å². The molecule has 3 rings (SSSR count). The minimum atomic E-state index is -3.89. The molecule has 2 aromatic carbocycles. The van der Waals surface area contributed by atoms with Gasteiger partial charge in [0.05, 0.1) is 10.2 Å². The second kappa shape index (κ2) is 7.09. The Morgan fingerprint density at radius 3 is 2.36 bits per heavy atom. The molecule has 0 amide bonds. The Morgan fingerprint density at radius 2 is 1.76 bits per heavy atom. The standard InChI is InChI=1S/C17H15Br2NO4S/c1-12-2-8-15(9-3-12)25(21,22)20-16-23-11-17(10-18,24-16)13-4-6-14(19)7-5-13/h2-9H,10-11H2,1H3/b20-16-. The van der Waals surface area contributed by atoms with Crippen LogP contribution in [0, 0.1) is 6.92 Å². The van der Waals surface area contributed by atoms with E-state index in [9.17, 15) is 8.42 Å². The molecular formula is C17H15Br2NO4S. The first kappa shape index (κ1) is 18.4. The lowest BCUT2D eigenvalue weighted by Gasteiger charge is -2.23. The first-order valence-electron chi connectivity index (χ1n) is 7.40. The van der Waals surface area contributed by atoms with E-state index in [1.165, 1.54) is 12.1 Å². The van der Waals surface area contributed by atoms with Gasteiger partial charge in [-0.1, -0.05) is 66.1 Å². The SMILES string of the molecule is Cc1ccc(S(=O)(=O)/N=C2/OCC(CBr)(c3ccc(Br)cc3)O2)cc1. The summed E-state index contributed by atoms with van der Waals surface area (Å²) in [4.78, 5) is 0.0952. The molecule has 0 spiro atoms. The minimum Gasteiger partial charge on any atom is -0.445 e. The fourth-order valence-corrected chi connectivity index (χ4v) is 4.09. The van der Waals surface area contributed by atoms with Crippen LogP contribution in [-0.4, -0.2) is 26.4 Å². The van der Waals surface area contributed by atoms with Crippen LogP contribution in [0.15, 0.2) is 62.3 Å². The lowest BCUT2D eigenvalue weighted by atomic mass is 9.97. The van der Waals surface area contributed by atoms with Crippen LogP contribution in [0.4, 0.5) is 0 Å². The number of aryl methyl sites for hydroxylation is 1.